The second-order valence-corrected chi connectivity index (χ2v) is 4.52. The first kappa shape index (κ1) is 9.53. The Morgan fingerprint density at radius 3 is 3.07 bits per heavy atom. The molecule has 1 nitrogen and oxygen atoms in total. The van der Waals surface area contributed by atoms with Gasteiger partial charge < -0.3 is 4.79 Å². The molecule has 1 unspecified atom stereocenters. The fourth-order valence-electron chi connectivity index (χ4n) is 1.70. The highest BCUT2D eigenvalue weighted by atomic mass is 32.2. The second kappa shape index (κ2) is 4.01. The summed E-state index contributed by atoms with van der Waals surface area (Å²) in [5, 5.41) is 0. The van der Waals surface area contributed by atoms with Crippen LogP contribution < -0.4 is 0 Å². The number of hydrogen-bond acceptors (Lipinski definition) is 2. The number of rotatable bonds is 2. The maximum absolute atomic E-state index is 10.8. The van der Waals surface area contributed by atoms with Gasteiger partial charge in [0.2, 0.25) is 0 Å². The predicted octanol–water partition coefficient (Wildman–Crippen LogP) is 3.11. The lowest BCUT2D eigenvalue weighted by molar-refractivity contribution is -0.109. The van der Waals surface area contributed by atoms with Gasteiger partial charge in [0.25, 0.3) is 0 Å². The van der Waals surface area contributed by atoms with E-state index in [-0.39, 0.29) is 5.92 Å². The largest absolute Gasteiger partial charge is 0.303 e. The quantitative estimate of drug-likeness (QED) is 0.688. The van der Waals surface area contributed by atoms with E-state index in [4.69, 9.17) is 0 Å². The van der Waals surface area contributed by atoms with Crippen molar-refractivity contribution in [3.63, 3.8) is 0 Å². The molecule has 0 N–H and O–H groups in total. The van der Waals surface area contributed by atoms with Crippen LogP contribution >= 0.6 is 11.8 Å². The highest BCUT2D eigenvalue weighted by Gasteiger charge is 2.19. The molecule has 1 aliphatic rings. The summed E-state index contributed by atoms with van der Waals surface area (Å²) in [6.45, 7) is 3.74. The van der Waals surface area contributed by atoms with Crippen molar-refractivity contribution < 1.29 is 4.79 Å². The van der Waals surface area contributed by atoms with Crippen LogP contribution in [0.5, 0.6) is 0 Å². The SMILES string of the molecule is C=Cc1ccc2c(c1)SCCC2C=O. The third kappa shape index (κ3) is 1.62. The molecule has 1 aliphatic heterocycles. The minimum atomic E-state index is 0.102. The maximum atomic E-state index is 10.8. The van der Waals surface area contributed by atoms with Crippen LogP contribution in [0.3, 0.4) is 0 Å². The van der Waals surface area contributed by atoms with Gasteiger partial charge in [-0.15, -0.1) is 11.8 Å². The van der Waals surface area contributed by atoms with Crippen molar-refractivity contribution in [1.82, 2.24) is 0 Å². The normalized spacial score (nSPS) is 19.9. The number of carbonyl (C=O) groups is 1. The highest BCUT2D eigenvalue weighted by molar-refractivity contribution is 7.99. The zero-order valence-corrected chi connectivity index (χ0v) is 8.72. The van der Waals surface area contributed by atoms with Crippen molar-refractivity contribution in [3.8, 4) is 0 Å². The molecule has 0 saturated carbocycles. The van der Waals surface area contributed by atoms with Crippen LogP contribution in [0.15, 0.2) is 29.7 Å². The fraction of sp³-hybridized carbons (Fsp3) is 0.250. The summed E-state index contributed by atoms with van der Waals surface area (Å²) >= 11 is 1.83. The van der Waals surface area contributed by atoms with E-state index < -0.39 is 0 Å². The molecule has 2 rings (SSSR count). The van der Waals surface area contributed by atoms with Gasteiger partial charge in [0.1, 0.15) is 6.29 Å². The van der Waals surface area contributed by atoms with Crippen molar-refractivity contribution in [3.05, 3.63) is 35.9 Å². The number of aldehydes is 1. The lowest BCUT2D eigenvalue weighted by atomic mass is 9.96. The molecule has 0 radical (unpaired) electrons. The molecule has 1 heterocycles. The van der Waals surface area contributed by atoms with Gasteiger partial charge in [-0.25, -0.2) is 0 Å². The zero-order valence-electron chi connectivity index (χ0n) is 7.90. The summed E-state index contributed by atoms with van der Waals surface area (Å²) in [7, 11) is 0. The van der Waals surface area contributed by atoms with Gasteiger partial charge in [-0.2, -0.15) is 0 Å². The summed E-state index contributed by atoms with van der Waals surface area (Å²) in [4.78, 5) is 12.1. The fourth-order valence-corrected chi connectivity index (χ4v) is 2.90. The Morgan fingerprint density at radius 1 is 1.50 bits per heavy atom. The Bertz CT molecular complexity index is 371. The monoisotopic (exact) mass is 204 g/mol. The first-order valence-corrected chi connectivity index (χ1v) is 5.68. The van der Waals surface area contributed by atoms with Crippen LogP contribution in [-0.2, 0) is 4.79 Å². The highest BCUT2D eigenvalue weighted by Crippen LogP contribution is 2.37. The van der Waals surface area contributed by atoms with E-state index in [9.17, 15) is 4.79 Å². The number of hydrogen-bond donors (Lipinski definition) is 0. The summed E-state index contributed by atoms with van der Waals surface area (Å²) in [6.07, 6.45) is 3.87. The minimum absolute atomic E-state index is 0.102. The first-order chi connectivity index (χ1) is 6.85. The number of fused-ring (bicyclic) bond motifs is 1. The van der Waals surface area contributed by atoms with E-state index in [2.05, 4.69) is 18.7 Å². The Morgan fingerprint density at radius 2 is 2.36 bits per heavy atom. The Hall–Kier alpha value is -1.02. The van der Waals surface area contributed by atoms with Gasteiger partial charge in [-0.1, -0.05) is 24.8 Å². The molecule has 1 atom stereocenters. The topological polar surface area (TPSA) is 17.1 Å². The average molecular weight is 204 g/mol. The Labute approximate surface area is 88.2 Å². The van der Waals surface area contributed by atoms with Crippen LogP contribution in [0, 0.1) is 0 Å². The molecule has 0 saturated heterocycles. The summed E-state index contributed by atoms with van der Waals surface area (Å²) in [5.41, 5.74) is 2.31. The average Bonchev–Trinajstić information content (AvgIpc) is 2.27. The van der Waals surface area contributed by atoms with Gasteiger partial charge in [-0.05, 0) is 29.4 Å². The van der Waals surface area contributed by atoms with Crippen LogP contribution in [0.25, 0.3) is 6.08 Å². The molecule has 2 heteroatoms. The van der Waals surface area contributed by atoms with E-state index in [0.717, 1.165) is 24.0 Å². The maximum Gasteiger partial charge on any atom is 0.127 e. The van der Waals surface area contributed by atoms with E-state index >= 15 is 0 Å². The van der Waals surface area contributed by atoms with E-state index in [1.54, 1.807) is 0 Å². The van der Waals surface area contributed by atoms with Crippen molar-refractivity contribution in [2.24, 2.45) is 0 Å². The van der Waals surface area contributed by atoms with E-state index in [1.807, 2.05) is 23.9 Å². The third-order valence-corrected chi connectivity index (χ3v) is 3.63. The third-order valence-electron chi connectivity index (χ3n) is 2.52. The minimum Gasteiger partial charge on any atom is -0.303 e. The van der Waals surface area contributed by atoms with E-state index in [1.165, 1.54) is 10.5 Å². The molecule has 14 heavy (non-hydrogen) atoms. The lowest BCUT2D eigenvalue weighted by Crippen LogP contribution is -2.08. The molecule has 0 fully saturated rings. The van der Waals surface area contributed by atoms with Gasteiger partial charge in [0, 0.05) is 10.8 Å². The summed E-state index contributed by atoms with van der Waals surface area (Å²) < 4.78 is 0. The van der Waals surface area contributed by atoms with Gasteiger partial charge in [-0.3, -0.25) is 0 Å². The molecule has 0 bridgehead atoms. The van der Waals surface area contributed by atoms with E-state index in [0.29, 0.717) is 0 Å². The molecule has 1 aromatic carbocycles. The molecule has 72 valence electrons. The van der Waals surface area contributed by atoms with Crippen molar-refractivity contribution in [2.75, 3.05) is 5.75 Å². The lowest BCUT2D eigenvalue weighted by Gasteiger charge is -2.20. The molecule has 0 aliphatic carbocycles. The predicted molar refractivity (Wildman–Crippen MR) is 60.7 cm³/mol. The Kier molecular flexibility index (Phi) is 2.73. The van der Waals surface area contributed by atoms with Gasteiger partial charge in [0.15, 0.2) is 0 Å². The Balaban J connectivity index is 2.45. The molecular weight excluding hydrogens is 192 g/mol. The number of carbonyl (C=O) groups excluding carboxylic acids is 1. The van der Waals surface area contributed by atoms with Crippen LogP contribution in [0.2, 0.25) is 0 Å². The van der Waals surface area contributed by atoms with Crippen molar-refractivity contribution in [1.29, 1.82) is 0 Å². The standard InChI is InChI=1S/C12H12OS/c1-2-9-3-4-11-10(8-13)5-6-14-12(11)7-9/h2-4,7-8,10H,1,5-6H2. The first-order valence-electron chi connectivity index (χ1n) is 4.69. The van der Waals surface area contributed by atoms with Crippen LogP contribution in [0.4, 0.5) is 0 Å². The summed E-state index contributed by atoms with van der Waals surface area (Å²) in [6, 6.07) is 6.19. The molecule has 1 aromatic rings. The number of benzene rings is 1. The van der Waals surface area contributed by atoms with Gasteiger partial charge >= 0.3 is 0 Å². The van der Waals surface area contributed by atoms with Gasteiger partial charge in [0.05, 0.1) is 0 Å². The summed E-state index contributed by atoms with van der Waals surface area (Å²) in [5.74, 6) is 1.14. The zero-order chi connectivity index (χ0) is 9.97. The van der Waals surface area contributed by atoms with Crippen LogP contribution in [0.1, 0.15) is 23.5 Å². The second-order valence-electron chi connectivity index (χ2n) is 3.38. The molecular formula is C12H12OS. The number of thioether (sulfide) groups is 1. The molecule has 0 aromatic heterocycles. The van der Waals surface area contributed by atoms with Crippen molar-refractivity contribution >= 4 is 24.1 Å². The smallest absolute Gasteiger partial charge is 0.127 e. The molecule has 0 amide bonds. The molecule has 0 spiro atoms. The van der Waals surface area contributed by atoms with Crippen LogP contribution in [-0.4, -0.2) is 12.0 Å². The van der Waals surface area contributed by atoms with Crippen molar-refractivity contribution in [2.45, 2.75) is 17.2 Å².